The molecule has 0 atom stereocenters. The molecule has 3 heterocycles. The van der Waals surface area contributed by atoms with Crippen LogP contribution >= 0.6 is 15.9 Å². The lowest BCUT2D eigenvalue weighted by molar-refractivity contribution is 0.461. The fraction of sp³-hybridized carbons (Fsp3) is 0.208. The highest BCUT2D eigenvalue weighted by Gasteiger charge is 2.21. The molecule has 0 amide bonds. The van der Waals surface area contributed by atoms with Crippen molar-refractivity contribution in [3.05, 3.63) is 71.0 Å². The Balaban J connectivity index is 1.74. The maximum Gasteiger partial charge on any atom is 0.165 e. The SMILES string of the molecule is Nc1ncnc2nc(-c3ccccc3C3CCNCC3)cc(-c3cccc(Br)c3)c12. The summed E-state index contributed by atoms with van der Waals surface area (Å²) in [5, 5.41) is 4.25. The van der Waals surface area contributed by atoms with Crippen molar-refractivity contribution in [3.8, 4) is 22.4 Å². The average molecular weight is 460 g/mol. The first-order valence-electron chi connectivity index (χ1n) is 10.2. The third-order valence-corrected chi connectivity index (χ3v) is 6.28. The second-order valence-corrected chi connectivity index (χ2v) is 8.55. The molecule has 0 saturated carbocycles. The summed E-state index contributed by atoms with van der Waals surface area (Å²) in [6, 6.07) is 18.9. The van der Waals surface area contributed by atoms with Crippen LogP contribution in [0.25, 0.3) is 33.4 Å². The lowest BCUT2D eigenvalue weighted by Crippen LogP contribution is -2.26. The molecule has 5 nitrogen and oxygen atoms in total. The summed E-state index contributed by atoms with van der Waals surface area (Å²) in [7, 11) is 0. The van der Waals surface area contributed by atoms with Crippen molar-refractivity contribution in [1.29, 1.82) is 0 Å². The number of aromatic nitrogens is 3. The first-order chi connectivity index (χ1) is 14.7. The number of nitrogens with one attached hydrogen (secondary N) is 1. The van der Waals surface area contributed by atoms with Gasteiger partial charge >= 0.3 is 0 Å². The second kappa shape index (κ2) is 8.13. The average Bonchev–Trinajstić information content (AvgIpc) is 2.79. The predicted octanol–water partition coefficient (Wildman–Crippen LogP) is 5.17. The number of nitrogens with two attached hydrogens (primary N) is 1. The molecule has 3 N–H and O–H groups in total. The van der Waals surface area contributed by atoms with E-state index in [1.54, 1.807) is 0 Å². The Bertz CT molecular complexity index is 1220. The normalized spacial score (nSPS) is 14.8. The summed E-state index contributed by atoms with van der Waals surface area (Å²) in [4.78, 5) is 13.6. The number of fused-ring (bicyclic) bond motifs is 1. The number of anilines is 1. The van der Waals surface area contributed by atoms with Crippen molar-refractivity contribution >= 4 is 32.8 Å². The fourth-order valence-electron chi connectivity index (χ4n) is 4.33. The van der Waals surface area contributed by atoms with Gasteiger partial charge in [-0.15, -0.1) is 0 Å². The van der Waals surface area contributed by atoms with Crippen molar-refractivity contribution in [2.24, 2.45) is 0 Å². The molecule has 0 aliphatic carbocycles. The van der Waals surface area contributed by atoms with Crippen LogP contribution in [0.4, 0.5) is 5.82 Å². The lowest BCUT2D eigenvalue weighted by Gasteiger charge is -2.25. The highest BCUT2D eigenvalue weighted by Crippen LogP contribution is 2.38. The zero-order chi connectivity index (χ0) is 20.5. The predicted molar refractivity (Wildman–Crippen MR) is 125 cm³/mol. The van der Waals surface area contributed by atoms with Crippen LogP contribution in [0.3, 0.4) is 0 Å². The van der Waals surface area contributed by atoms with E-state index in [9.17, 15) is 0 Å². The number of rotatable bonds is 3. The van der Waals surface area contributed by atoms with Crippen LogP contribution in [0.1, 0.15) is 24.3 Å². The Labute approximate surface area is 183 Å². The van der Waals surface area contributed by atoms with E-state index in [4.69, 9.17) is 10.7 Å². The van der Waals surface area contributed by atoms with Gasteiger partial charge in [0.25, 0.3) is 0 Å². The van der Waals surface area contributed by atoms with Crippen LogP contribution in [0.15, 0.2) is 65.4 Å². The van der Waals surface area contributed by atoms with Crippen molar-refractivity contribution < 1.29 is 0 Å². The lowest BCUT2D eigenvalue weighted by atomic mass is 9.85. The van der Waals surface area contributed by atoms with E-state index in [0.717, 1.165) is 52.6 Å². The van der Waals surface area contributed by atoms with Gasteiger partial charge in [0.2, 0.25) is 0 Å². The zero-order valence-corrected chi connectivity index (χ0v) is 18.1. The number of piperidine rings is 1. The van der Waals surface area contributed by atoms with Crippen LogP contribution in [0.5, 0.6) is 0 Å². The molecule has 2 aromatic carbocycles. The van der Waals surface area contributed by atoms with Gasteiger partial charge in [-0.1, -0.05) is 52.3 Å². The molecule has 6 heteroatoms. The Hall–Kier alpha value is -2.83. The molecule has 0 spiro atoms. The van der Waals surface area contributed by atoms with Crippen molar-refractivity contribution in [1.82, 2.24) is 20.3 Å². The number of nitrogens with zero attached hydrogens (tertiary/aromatic N) is 3. The number of nitrogen functional groups attached to an aromatic ring is 1. The molecule has 1 aliphatic rings. The van der Waals surface area contributed by atoms with Crippen LogP contribution in [-0.4, -0.2) is 28.0 Å². The molecule has 0 unspecified atom stereocenters. The van der Waals surface area contributed by atoms with E-state index in [1.165, 1.54) is 17.5 Å². The minimum atomic E-state index is 0.445. The Morgan fingerprint density at radius 1 is 0.933 bits per heavy atom. The summed E-state index contributed by atoms with van der Waals surface area (Å²) in [5.74, 6) is 0.977. The van der Waals surface area contributed by atoms with E-state index in [-0.39, 0.29) is 0 Å². The van der Waals surface area contributed by atoms with Gasteiger partial charge in [0, 0.05) is 10.0 Å². The van der Waals surface area contributed by atoms with Crippen LogP contribution in [0, 0.1) is 0 Å². The topological polar surface area (TPSA) is 76.7 Å². The molecule has 1 fully saturated rings. The number of pyridine rings is 1. The second-order valence-electron chi connectivity index (χ2n) is 7.63. The van der Waals surface area contributed by atoms with Crippen molar-refractivity contribution in [2.45, 2.75) is 18.8 Å². The first kappa shape index (κ1) is 19.2. The van der Waals surface area contributed by atoms with Gasteiger partial charge in [-0.2, -0.15) is 0 Å². The summed E-state index contributed by atoms with van der Waals surface area (Å²) < 4.78 is 1.01. The molecule has 5 rings (SSSR count). The molecule has 150 valence electrons. The minimum Gasteiger partial charge on any atom is -0.383 e. The quantitative estimate of drug-likeness (QED) is 0.441. The van der Waals surface area contributed by atoms with Crippen molar-refractivity contribution in [2.75, 3.05) is 18.8 Å². The van der Waals surface area contributed by atoms with Gasteiger partial charge in [-0.05, 0) is 66.7 Å². The standard InChI is InChI=1S/C24H22BrN5/c25-17-5-3-4-16(12-17)20-13-21(30-24-22(20)23(26)28-14-29-24)19-7-2-1-6-18(19)15-8-10-27-11-9-15/h1-7,12-15,27H,8-11H2,(H2,26,28,29,30). The number of halogens is 1. The van der Waals surface area contributed by atoms with Gasteiger partial charge in [0.15, 0.2) is 5.65 Å². The molecule has 30 heavy (non-hydrogen) atoms. The maximum absolute atomic E-state index is 6.26. The van der Waals surface area contributed by atoms with Gasteiger partial charge in [-0.25, -0.2) is 15.0 Å². The van der Waals surface area contributed by atoms with E-state index in [2.05, 4.69) is 73.7 Å². The monoisotopic (exact) mass is 459 g/mol. The van der Waals surface area contributed by atoms with Crippen LogP contribution in [-0.2, 0) is 0 Å². The van der Waals surface area contributed by atoms with Crippen molar-refractivity contribution in [3.63, 3.8) is 0 Å². The Kier molecular flexibility index (Phi) is 5.19. The minimum absolute atomic E-state index is 0.445. The Morgan fingerprint density at radius 3 is 2.60 bits per heavy atom. The van der Waals surface area contributed by atoms with E-state index < -0.39 is 0 Å². The summed E-state index contributed by atoms with van der Waals surface area (Å²) >= 11 is 3.59. The van der Waals surface area contributed by atoms with Gasteiger partial charge in [0.05, 0.1) is 11.1 Å². The molecular weight excluding hydrogens is 438 g/mol. The van der Waals surface area contributed by atoms with Crippen LogP contribution < -0.4 is 11.1 Å². The fourth-order valence-corrected chi connectivity index (χ4v) is 4.73. The summed E-state index contributed by atoms with van der Waals surface area (Å²) in [5.41, 5.74) is 12.4. The van der Waals surface area contributed by atoms with Gasteiger partial charge < -0.3 is 11.1 Å². The molecule has 2 aromatic heterocycles. The third kappa shape index (κ3) is 3.57. The Morgan fingerprint density at radius 2 is 1.77 bits per heavy atom. The molecule has 4 aromatic rings. The molecule has 1 saturated heterocycles. The highest BCUT2D eigenvalue weighted by molar-refractivity contribution is 9.10. The molecule has 0 bridgehead atoms. The van der Waals surface area contributed by atoms with E-state index in [1.807, 2.05) is 12.1 Å². The van der Waals surface area contributed by atoms with Gasteiger partial charge in [0.1, 0.15) is 12.1 Å². The molecular formula is C24H22BrN5. The van der Waals surface area contributed by atoms with Crippen LogP contribution in [0.2, 0.25) is 0 Å². The highest BCUT2D eigenvalue weighted by atomic mass is 79.9. The third-order valence-electron chi connectivity index (χ3n) is 5.78. The zero-order valence-electron chi connectivity index (χ0n) is 16.5. The number of hydrogen-bond donors (Lipinski definition) is 2. The number of benzene rings is 2. The summed E-state index contributed by atoms with van der Waals surface area (Å²) in [6.45, 7) is 2.11. The molecule has 1 aliphatic heterocycles. The maximum atomic E-state index is 6.26. The largest absolute Gasteiger partial charge is 0.383 e. The van der Waals surface area contributed by atoms with E-state index >= 15 is 0 Å². The summed E-state index contributed by atoms with van der Waals surface area (Å²) in [6.07, 6.45) is 3.76. The van der Waals surface area contributed by atoms with E-state index in [0.29, 0.717) is 17.4 Å². The van der Waals surface area contributed by atoms with Gasteiger partial charge in [-0.3, -0.25) is 0 Å². The first-order valence-corrected chi connectivity index (χ1v) is 11.0. The smallest absolute Gasteiger partial charge is 0.165 e. The molecule has 0 radical (unpaired) electrons. The number of hydrogen-bond acceptors (Lipinski definition) is 5.